The predicted octanol–water partition coefficient (Wildman–Crippen LogP) is 3.19. The standard InChI is InChI=1S/C14H19BrN4O/c1-7(2)19-13(10(16)8-4-5-8)18-11-12(20-3)9(15)6-17-14(11)19/h6-8,10H,4-5,16H2,1-3H3/t10-/m0/s1. The highest BCUT2D eigenvalue weighted by Gasteiger charge is 2.34. The molecule has 0 bridgehead atoms. The Balaban J connectivity index is 2.25. The second kappa shape index (κ2) is 5.00. The summed E-state index contributed by atoms with van der Waals surface area (Å²) in [5.41, 5.74) is 7.99. The first-order valence-corrected chi connectivity index (χ1v) is 7.69. The second-order valence-electron chi connectivity index (χ2n) is 5.61. The summed E-state index contributed by atoms with van der Waals surface area (Å²) in [4.78, 5) is 9.26. The highest BCUT2D eigenvalue weighted by molar-refractivity contribution is 9.10. The lowest BCUT2D eigenvalue weighted by Crippen LogP contribution is -2.19. The van der Waals surface area contributed by atoms with Crippen LogP contribution in [0.15, 0.2) is 10.7 Å². The van der Waals surface area contributed by atoms with E-state index in [4.69, 9.17) is 15.5 Å². The molecule has 0 spiro atoms. The molecule has 6 heteroatoms. The Morgan fingerprint density at radius 1 is 1.45 bits per heavy atom. The van der Waals surface area contributed by atoms with Gasteiger partial charge in [0, 0.05) is 12.2 Å². The molecule has 0 amide bonds. The van der Waals surface area contributed by atoms with Gasteiger partial charge in [-0.15, -0.1) is 0 Å². The minimum atomic E-state index is -0.0184. The number of hydrogen-bond acceptors (Lipinski definition) is 4. The SMILES string of the molecule is COc1c(Br)cnc2c1nc([C@@H](N)C1CC1)n2C(C)C. The Kier molecular flexibility index (Phi) is 3.46. The number of aromatic nitrogens is 3. The molecule has 5 nitrogen and oxygen atoms in total. The van der Waals surface area contributed by atoms with Crippen molar-refractivity contribution in [1.82, 2.24) is 14.5 Å². The largest absolute Gasteiger partial charge is 0.493 e. The van der Waals surface area contributed by atoms with E-state index in [9.17, 15) is 0 Å². The minimum Gasteiger partial charge on any atom is -0.493 e. The number of fused-ring (bicyclic) bond motifs is 1. The molecule has 0 radical (unpaired) electrons. The monoisotopic (exact) mass is 338 g/mol. The Bertz CT molecular complexity index is 648. The summed E-state index contributed by atoms with van der Waals surface area (Å²) in [6.07, 6.45) is 4.14. The number of rotatable bonds is 4. The fourth-order valence-corrected chi connectivity index (χ4v) is 3.06. The topological polar surface area (TPSA) is 66.0 Å². The average molecular weight is 339 g/mol. The first-order valence-electron chi connectivity index (χ1n) is 6.90. The number of halogens is 1. The molecule has 1 fully saturated rings. The number of nitrogens with two attached hydrogens (primary N) is 1. The Morgan fingerprint density at radius 2 is 2.15 bits per heavy atom. The van der Waals surface area contributed by atoms with Gasteiger partial charge >= 0.3 is 0 Å². The normalized spacial score (nSPS) is 16.9. The van der Waals surface area contributed by atoms with Crippen LogP contribution >= 0.6 is 15.9 Å². The molecule has 2 aromatic rings. The molecule has 108 valence electrons. The van der Waals surface area contributed by atoms with Gasteiger partial charge in [0.25, 0.3) is 0 Å². The van der Waals surface area contributed by atoms with E-state index >= 15 is 0 Å². The van der Waals surface area contributed by atoms with Crippen LogP contribution in [-0.2, 0) is 0 Å². The van der Waals surface area contributed by atoms with Crippen molar-refractivity contribution in [3.8, 4) is 5.75 Å². The number of hydrogen-bond donors (Lipinski definition) is 1. The number of methoxy groups -OCH3 is 1. The minimum absolute atomic E-state index is 0.0184. The van der Waals surface area contributed by atoms with Crippen molar-refractivity contribution in [2.45, 2.75) is 38.8 Å². The van der Waals surface area contributed by atoms with Crippen molar-refractivity contribution >= 4 is 27.1 Å². The van der Waals surface area contributed by atoms with Gasteiger partial charge in [-0.3, -0.25) is 0 Å². The Labute approximate surface area is 126 Å². The van der Waals surface area contributed by atoms with Gasteiger partial charge in [0.15, 0.2) is 16.9 Å². The zero-order valence-corrected chi connectivity index (χ0v) is 13.5. The third kappa shape index (κ3) is 2.11. The van der Waals surface area contributed by atoms with Crippen molar-refractivity contribution in [3.05, 3.63) is 16.5 Å². The molecule has 2 N–H and O–H groups in total. The maximum absolute atomic E-state index is 6.37. The lowest BCUT2D eigenvalue weighted by atomic mass is 10.2. The van der Waals surface area contributed by atoms with Crippen LogP contribution in [0.3, 0.4) is 0 Å². The summed E-state index contributed by atoms with van der Waals surface area (Å²) in [5.74, 6) is 2.19. The predicted molar refractivity (Wildman–Crippen MR) is 81.8 cm³/mol. The highest BCUT2D eigenvalue weighted by Crippen LogP contribution is 2.41. The van der Waals surface area contributed by atoms with E-state index in [0.717, 1.165) is 27.2 Å². The molecule has 0 unspecified atom stereocenters. The fraction of sp³-hybridized carbons (Fsp3) is 0.571. The molecule has 0 saturated heterocycles. The lowest BCUT2D eigenvalue weighted by molar-refractivity contribution is 0.416. The van der Waals surface area contributed by atoms with Gasteiger partial charge in [0.2, 0.25) is 0 Å². The van der Waals surface area contributed by atoms with Gasteiger partial charge in [-0.05, 0) is 48.5 Å². The first-order chi connectivity index (χ1) is 9.54. The van der Waals surface area contributed by atoms with Gasteiger partial charge in [-0.1, -0.05) is 0 Å². The van der Waals surface area contributed by atoms with Gasteiger partial charge in [0.1, 0.15) is 5.82 Å². The third-order valence-corrected chi connectivity index (χ3v) is 4.36. The molecular formula is C14H19BrN4O. The van der Waals surface area contributed by atoms with Crippen LogP contribution in [0.1, 0.15) is 44.6 Å². The fourth-order valence-electron chi connectivity index (χ4n) is 2.61. The summed E-state index contributed by atoms with van der Waals surface area (Å²) >= 11 is 3.46. The van der Waals surface area contributed by atoms with Crippen LogP contribution in [0.4, 0.5) is 0 Å². The van der Waals surface area contributed by atoms with Gasteiger partial charge in [-0.2, -0.15) is 0 Å². The van der Waals surface area contributed by atoms with E-state index in [0.29, 0.717) is 5.92 Å². The number of imidazole rings is 1. The van der Waals surface area contributed by atoms with Gasteiger partial charge in [-0.25, -0.2) is 9.97 Å². The summed E-state index contributed by atoms with van der Waals surface area (Å²) in [6, 6.07) is 0.244. The van der Waals surface area contributed by atoms with Crippen molar-refractivity contribution in [2.24, 2.45) is 11.7 Å². The van der Waals surface area contributed by atoms with E-state index in [1.54, 1.807) is 13.3 Å². The average Bonchev–Trinajstić information content (AvgIpc) is 3.17. The van der Waals surface area contributed by atoms with Crippen LogP contribution < -0.4 is 10.5 Å². The summed E-state index contributed by atoms with van der Waals surface area (Å²) in [7, 11) is 1.65. The molecule has 1 aliphatic carbocycles. The number of nitrogens with zero attached hydrogens (tertiary/aromatic N) is 3. The zero-order chi connectivity index (χ0) is 14.4. The van der Waals surface area contributed by atoms with Crippen molar-refractivity contribution in [2.75, 3.05) is 7.11 Å². The van der Waals surface area contributed by atoms with E-state index in [-0.39, 0.29) is 12.1 Å². The summed E-state index contributed by atoms with van der Waals surface area (Å²) < 4.78 is 8.40. The molecule has 1 saturated carbocycles. The van der Waals surface area contributed by atoms with Gasteiger partial charge < -0.3 is 15.0 Å². The lowest BCUT2D eigenvalue weighted by Gasteiger charge is -2.16. The molecule has 0 aliphatic heterocycles. The smallest absolute Gasteiger partial charge is 0.164 e. The van der Waals surface area contributed by atoms with Crippen LogP contribution in [-0.4, -0.2) is 21.6 Å². The number of ether oxygens (including phenoxy) is 1. The van der Waals surface area contributed by atoms with Crippen LogP contribution in [0.5, 0.6) is 5.75 Å². The third-order valence-electron chi connectivity index (χ3n) is 3.79. The van der Waals surface area contributed by atoms with E-state index in [1.165, 1.54) is 12.8 Å². The van der Waals surface area contributed by atoms with E-state index in [1.807, 2.05) is 0 Å². The van der Waals surface area contributed by atoms with Crippen LogP contribution in [0, 0.1) is 5.92 Å². The maximum Gasteiger partial charge on any atom is 0.164 e. The number of pyridine rings is 1. The molecule has 2 aromatic heterocycles. The quantitative estimate of drug-likeness (QED) is 0.929. The zero-order valence-electron chi connectivity index (χ0n) is 11.9. The van der Waals surface area contributed by atoms with Gasteiger partial charge in [0.05, 0.1) is 17.6 Å². The highest BCUT2D eigenvalue weighted by atomic mass is 79.9. The Hall–Kier alpha value is -1.14. The van der Waals surface area contributed by atoms with E-state index < -0.39 is 0 Å². The maximum atomic E-state index is 6.37. The molecule has 1 atom stereocenters. The van der Waals surface area contributed by atoms with E-state index in [2.05, 4.69) is 39.3 Å². The molecular weight excluding hydrogens is 320 g/mol. The molecule has 0 aromatic carbocycles. The summed E-state index contributed by atoms with van der Waals surface area (Å²) in [5, 5.41) is 0. The molecule has 3 rings (SSSR count). The van der Waals surface area contributed by atoms with Crippen LogP contribution in [0.2, 0.25) is 0 Å². The van der Waals surface area contributed by atoms with Crippen molar-refractivity contribution < 1.29 is 4.74 Å². The molecule has 1 aliphatic rings. The summed E-state index contributed by atoms with van der Waals surface area (Å²) in [6.45, 7) is 4.25. The molecule has 20 heavy (non-hydrogen) atoms. The van der Waals surface area contributed by atoms with Crippen molar-refractivity contribution in [3.63, 3.8) is 0 Å². The first kappa shape index (κ1) is 13.8. The van der Waals surface area contributed by atoms with Crippen LogP contribution in [0.25, 0.3) is 11.2 Å². The Morgan fingerprint density at radius 3 is 2.70 bits per heavy atom. The molecule has 2 heterocycles. The van der Waals surface area contributed by atoms with Crippen molar-refractivity contribution in [1.29, 1.82) is 0 Å². The second-order valence-corrected chi connectivity index (χ2v) is 6.46.